The number of carbonyl (C=O) groups is 5. The second kappa shape index (κ2) is 46.6. The molecule has 3 saturated heterocycles. The van der Waals surface area contributed by atoms with E-state index in [1.807, 2.05) is 193 Å². The van der Waals surface area contributed by atoms with Crippen molar-refractivity contribution in [2.45, 2.75) is 117 Å². The average Bonchev–Trinajstić information content (AvgIpc) is 1.33. The number of rotatable bonds is 32. The molecule has 0 unspecified atom stereocenters. The molecule has 0 aliphatic carbocycles. The number of hydrogen-bond donors (Lipinski definition) is 8. The Morgan fingerprint density at radius 1 is 0.461 bits per heavy atom. The highest BCUT2D eigenvalue weighted by molar-refractivity contribution is 9.10. The lowest BCUT2D eigenvalue weighted by molar-refractivity contribution is -0.136. The molecule has 128 heavy (non-hydrogen) atoms. The van der Waals surface area contributed by atoms with Crippen LogP contribution in [0.2, 0.25) is 0 Å². The maximum Gasteiger partial charge on any atom is 0.253 e. The topological polar surface area (TPSA) is 300 Å². The van der Waals surface area contributed by atoms with E-state index in [4.69, 9.17) is 22.9 Å². The van der Waals surface area contributed by atoms with Gasteiger partial charge in [-0.2, -0.15) is 0 Å². The minimum atomic E-state index is -3.76. The van der Waals surface area contributed by atoms with Gasteiger partial charge in [-0.1, -0.05) is 268 Å². The van der Waals surface area contributed by atoms with Gasteiger partial charge in [0.25, 0.3) is 11.8 Å². The summed E-state index contributed by atoms with van der Waals surface area (Å²) in [7, 11) is 0.0932. The standard InChI is InChI=1S/2C35H39BrN4O2.C34H40N6O3S/c1-39(34(41)29-15-14-28-22-30(36)17-16-27(28)21-29)23-31-18-20-40(35(42)33(38-31)13-8-19-37)24-32(25-9-4-2-5-10-25)26-11-6-3-7-12-26;1-39-31(23-38-34(41)29-15-14-28-22-30(36)17-16-27(28)21-29)18-20-40(35(42)33(39)13-8-19-37)24-32(25-9-4-2-5-10-25)26-11-6-3-7-12-26;35-34(36)37-20-9-16-32-33(41)40(24-31(26-11-3-1-4-12-26)27-13-5-2-6-14-27)21-19-29(39-32)23-38-44(42,43)30-18-17-25-10-7-8-15-28(25)22-30/h2-7,9-12,14-17,21-22,31-33,38H,8,13,18-20,23-24,37H2,1H3;2-7,9-12,14-17,21-22,31-33H,8,13,18-20,23-24,37H2,1H3,(H,38,41);1-8,10-15,17-18,22,29,31-32,38-39H,9,16,19-21,23-24H2,(H4,35,36,37)/t2*31-,33-;29-,32-/m000/s1. The molecule has 0 bridgehead atoms. The number of amides is 5. The van der Waals surface area contributed by atoms with Crippen molar-refractivity contribution >= 4 is 110 Å². The summed E-state index contributed by atoms with van der Waals surface area (Å²) < 4.78 is 31.4. The molecule has 666 valence electrons. The molecule has 12 aromatic carbocycles. The highest BCUT2D eigenvalue weighted by Crippen LogP contribution is 2.34. The highest BCUT2D eigenvalue weighted by atomic mass is 79.9. The summed E-state index contributed by atoms with van der Waals surface area (Å²) in [6.45, 7) is 6.07. The quantitative estimate of drug-likeness (QED) is 0.0110. The van der Waals surface area contributed by atoms with Crippen LogP contribution in [0.5, 0.6) is 0 Å². The summed E-state index contributed by atoms with van der Waals surface area (Å²) >= 11 is 7.02. The Hall–Kier alpha value is -11.3. The number of carbonyl (C=O) groups excluding carboxylic acids is 5. The zero-order chi connectivity index (χ0) is 89.9. The number of nitrogens with one attached hydrogen (secondary N) is 4. The van der Waals surface area contributed by atoms with Crippen LogP contribution >= 0.6 is 31.9 Å². The van der Waals surface area contributed by atoms with Gasteiger partial charge in [0.05, 0.1) is 23.0 Å². The third kappa shape index (κ3) is 25.8. The predicted molar refractivity (Wildman–Crippen MR) is 523 cm³/mol. The molecule has 0 aromatic heterocycles. The van der Waals surface area contributed by atoms with Crippen molar-refractivity contribution in [2.75, 3.05) is 92.6 Å². The number of nitrogens with zero attached hydrogens (tertiary/aromatic N) is 6. The maximum atomic E-state index is 14.1. The van der Waals surface area contributed by atoms with Gasteiger partial charge >= 0.3 is 0 Å². The van der Waals surface area contributed by atoms with Crippen LogP contribution in [0.25, 0.3) is 32.3 Å². The Balaban J connectivity index is 0.000000164. The van der Waals surface area contributed by atoms with Crippen LogP contribution in [-0.4, -0.2) is 197 Å². The van der Waals surface area contributed by atoms with Gasteiger partial charge in [-0.05, 0) is 204 Å². The van der Waals surface area contributed by atoms with Crippen LogP contribution in [0.4, 0.5) is 0 Å². The Morgan fingerprint density at radius 3 is 1.34 bits per heavy atom. The molecule has 24 heteroatoms. The first-order valence-electron chi connectivity index (χ1n) is 44.4. The van der Waals surface area contributed by atoms with Gasteiger partial charge in [0.1, 0.15) is 0 Å². The Labute approximate surface area is 769 Å². The number of fused-ring (bicyclic) bond motifs is 3. The number of nitrogens with two attached hydrogens (primary N) is 4. The summed E-state index contributed by atoms with van der Waals surface area (Å²) in [5.74, 6) is 0.254. The maximum absolute atomic E-state index is 14.1. The zero-order valence-electron chi connectivity index (χ0n) is 72.9. The third-order valence-electron chi connectivity index (χ3n) is 24.7. The fourth-order valence-electron chi connectivity index (χ4n) is 17.7. The summed E-state index contributed by atoms with van der Waals surface area (Å²) in [4.78, 5) is 82.8. The van der Waals surface area contributed by atoms with E-state index in [0.717, 1.165) is 78.1 Å². The molecule has 21 nitrogen and oxygen atoms in total. The third-order valence-corrected chi connectivity index (χ3v) is 27.1. The Morgan fingerprint density at radius 2 is 0.852 bits per heavy atom. The molecule has 0 spiro atoms. The molecule has 12 N–H and O–H groups in total. The van der Waals surface area contributed by atoms with Crippen molar-refractivity contribution in [2.24, 2.45) is 27.9 Å². The zero-order valence-corrected chi connectivity index (χ0v) is 76.8. The van der Waals surface area contributed by atoms with Crippen LogP contribution in [0, 0.1) is 0 Å². The fourth-order valence-corrected chi connectivity index (χ4v) is 19.5. The number of halogens is 2. The van der Waals surface area contributed by atoms with Gasteiger partial charge in [0.2, 0.25) is 27.7 Å². The summed E-state index contributed by atoms with van der Waals surface area (Å²) in [5, 5.41) is 16.3. The highest BCUT2D eigenvalue weighted by Gasteiger charge is 2.39. The van der Waals surface area contributed by atoms with Crippen molar-refractivity contribution in [3.8, 4) is 0 Å². The molecule has 5 amide bonds. The minimum Gasteiger partial charge on any atom is -0.370 e. The summed E-state index contributed by atoms with van der Waals surface area (Å²) in [5.41, 5.74) is 31.1. The monoisotopic (exact) mass is 1860 g/mol. The van der Waals surface area contributed by atoms with Crippen LogP contribution in [0.1, 0.15) is 130 Å². The smallest absolute Gasteiger partial charge is 0.253 e. The van der Waals surface area contributed by atoms with Crippen molar-refractivity contribution in [3.05, 3.63) is 351 Å². The molecule has 0 radical (unpaired) electrons. The van der Waals surface area contributed by atoms with E-state index in [2.05, 4.69) is 184 Å². The summed E-state index contributed by atoms with van der Waals surface area (Å²) in [6, 6.07) is 97.1. The van der Waals surface area contributed by atoms with Gasteiger partial charge in [-0.3, -0.25) is 33.9 Å². The average molecular weight is 1870 g/mol. The largest absolute Gasteiger partial charge is 0.370 e. The van der Waals surface area contributed by atoms with Gasteiger partial charge in [-0.15, -0.1) is 0 Å². The Bertz CT molecular complexity index is 5680. The van der Waals surface area contributed by atoms with Crippen LogP contribution < -0.4 is 43.6 Å². The normalized spacial score (nSPS) is 17.6. The van der Waals surface area contributed by atoms with E-state index in [1.54, 1.807) is 17.0 Å². The lowest BCUT2D eigenvalue weighted by atomic mass is 9.90. The van der Waals surface area contributed by atoms with Gasteiger partial charge in [0, 0.05) is 128 Å². The molecule has 6 atom stereocenters. The van der Waals surface area contributed by atoms with E-state index in [9.17, 15) is 32.4 Å². The van der Waals surface area contributed by atoms with Crippen molar-refractivity contribution in [3.63, 3.8) is 0 Å². The first-order valence-corrected chi connectivity index (χ1v) is 47.5. The second-order valence-electron chi connectivity index (χ2n) is 33.5. The first-order chi connectivity index (χ1) is 62.2. The van der Waals surface area contributed by atoms with Gasteiger partial charge in [0.15, 0.2) is 5.96 Å². The molecule has 3 fully saturated rings. The molecule has 3 aliphatic rings. The molecule has 3 aliphatic heterocycles. The molecule has 12 aromatic rings. The van der Waals surface area contributed by atoms with Crippen LogP contribution in [-0.2, 0) is 24.4 Å². The van der Waals surface area contributed by atoms with Gasteiger partial charge in [-0.25, -0.2) is 13.1 Å². The molecule has 15 rings (SSSR count). The number of guanidine groups is 1. The van der Waals surface area contributed by atoms with Crippen molar-refractivity contribution < 1.29 is 32.4 Å². The second-order valence-corrected chi connectivity index (χ2v) is 37.1. The summed E-state index contributed by atoms with van der Waals surface area (Å²) in [6.07, 6.45) is 6.11. The minimum absolute atomic E-state index is 0.00778. The van der Waals surface area contributed by atoms with E-state index in [0.29, 0.717) is 115 Å². The number of aliphatic imine (C=N–C) groups is 1. The number of sulfonamides is 1. The first kappa shape index (κ1) is 94.3. The Kier molecular flexibility index (Phi) is 34.4. The number of hydrogen-bond acceptors (Lipinski definition) is 13. The SMILES string of the molecule is CN(C[C@@H]1CCN(CC(c2ccccc2)c2ccccc2)C(=O)[C@H](CCCN)N1)C(=O)c1ccc2cc(Br)ccc2c1.CN1[C@H](CNC(=O)c2ccc3cc(Br)ccc3c2)CCN(CC(c2ccccc2)c2ccccc2)C(=O)[C@@H]1CCCN.NC(N)=NCCC[C@@H]1N[C@H](CNS(=O)(=O)c2ccc3ccccc3c2)CCN(CC(c2ccccc2)c2ccccc2)C1=O. The van der Waals surface area contributed by atoms with E-state index in [1.165, 1.54) is 22.3 Å². The van der Waals surface area contributed by atoms with Crippen molar-refractivity contribution in [1.82, 2.24) is 45.2 Å². The van der Waals surface area contributed by atoms with Crippen LogP contribution in [0.15, 0.2) is 316 Å². The van der Waals surface area contributed by atoms with E-state index >= 15 is 0 Å². The van der Waals surface area contributed by atoms with Gasteiger partial charge < -0.3 is 58.5 Å². The molecular weight excluding hydrogens is 1750 g/mol. The van der Waals surface area contributed by atoms with Crippen LogP contribution in [0.3, 0.4) is 0 Å². The lowest BCUT2D eigenvalue weighted by Gasteiger charge is -2.33. The molecule has 0 saturated carbocycles. The molecule has 3 heterocycles. The fraction of sp³-hybridized carbons (Fsp3) is 0.308. The number of likely N-dealkylation sites (N-methyl/N-ethyl adjacent to an activating group) is 2. The predicted octanol–water partition coefficient (Wildman–Crippen LogP) is 15.2. The lowest BCUT2D eigenvalue weighted by Crippen LogP contribution is -2.50. The molecular formula is C104H118Br2N14O7S. The van der Waals surface area contributed by atoms with Crippen molar-refractivity contribution in [1.29, 1.82) is 0 Å². The van der Waals surface area contributed by atoms with E-state index < -0.39 is 16.1 Å². The van der Waals surface area contributed by atoms with E-state index in [-0.39, 0.29) is 94.9 Å². The number of benzene rings is 12.